The van der Waals surface area contributed by atoms with Gasteiger partial charge in [0.1, 0.15) is 15.8 Å². The van der Waals surface area contributed by atoms with Crippen molar-refractivity contribution in [3.63, 3.8) is 0 Å². The van der Waals surface area contributed by atoms with Crippen molar-refractivity contribution in [1.82, 2.24) is 0 Å². The highest BCUT2D eigenvalue weighted by Gasteiger charge is 2.40. The standard InChI is InChI=1S/C19H19OS.ClHO4/c1-2-4-10-15(9-3-1)21-18-13-7-5-11-16(18)20-17-12-6-8-14-19(17)21;2-1(3,4)5/h5-9,11-14H,1-4,10H2;(H,2,3,4,5)/q+1;/p-1. The van der Waals surface area contributed by atoms with Crippen molar-refractivity contribution in [2.45, 2.75) is 41.9 Å². The summed E-state index contributed by atoms with van der Waals surface area (Å²) in [7, 11) is -4.90. The van der Waals surface area contributed by atoms with Gasteiger partial charge in [-0.05, 0) is 49.6 Å². The summed E-state index contributed by atoms with van der Waals surface area (Å²) in [6.45, 7) is 0. The molecule has 0 spiro atoms. The van der Waals surface area contributed by atoms with Gasteiger partial charge in [0.2, 0.25) is 9.79 Å². The highest BCUT2D eigenvalue weighted by Crippen LogP contribution is 2.47. The Morgan fingerprint density at radius 1 is 0.769 bits per heavy atom. The van der Waals surface area contributed by atoms with Gasteiger partial charge in [-0.3, -0.25) is 0 Å². The second-order valence-electron chi connectivity index (χ2n) is 5.95. The summed E-state index contributed by atoms with van der Waals surface area (Å²) in [6, 6.07) is 17.1. The van der Waals surface area contributed by atoms with Crippen molar-refractivity contribution in [2.24, 2.45) is 0 Å². The summed E-state index contributed by atoms with van der Waals surface area (Å²) >= 11 is 0. The Labute approximate surface area is 157 Å². The van der Waals surface area contributed by atoms with E-state index in [-0.39, 0.29) is 10.9 Å². The van der Waals surface area contributed by atoms with Crippen LogP contribution >= 0.6 is 0 Å². The summed E-state index contributed by atoms with van der Waals surface area (Å²) in [5.74, 6) is 2.06. The minimum atomic E-state index is -4.94. The van der Waals surface area contributed by atoms with Gasteiger partial charge in [0.15, 0.2) is 11.5 Å². The lowest BCUT2D eigenvalue weighted by Crippen LogP contribution is -2.68. The zero-order valence-electron chi connectivity index (χ0n) is 14.1. The molecule has 26 heavy (non-hydrogen) atoms. The molecule has 0 unspecified atom stereocenters. The van der Waals surface area contributed by atoms with E-state index in [2.05, 4.69) is 54.6 Å². The van der Waals surface area contributed by atoms with Crippen LogP contribution in [0.25, 0.3) is 0 Å². The maximum absolute atomic E-state index is 8.49. The third-order valence-corrected chi connectivity index (χ3v) is 6.57. The van der Waals surface area contributed by atoms with Crippen molar-refractivity contribution >= 4 is 10.9 Å². The number of rotatable bonds is 1. The first-order valence-electron chi connectivity index (χ1n) is 8.34. The second kappa shape index (κ2) is 8.43. The minimum absolute atomic E-state index is 0.0440. The highest BCUT2D eigenvalue weighted by atomic mass is 35.7. The Kier molecular flexibility index (Phi) is 6.24. The van der Waals surface area contributed by atoms with Crippen LogP contribution < -0.4 is 23.4 Å². The van der Waals surface area contributed by atoms with E-state index >= 15 is 0 Å². The lowest BCUT2D eigenvalue weighted by Gasteiger charge is -2.20. The summed E-state index contributed by atoms with van der Waals surface area (Å²) < 4.78 is 40.1. The van der Waals surface area contributed by atoms with Crippen molar-refractivity contribution < 1.29 is 33.6 Å². The number of halogens is 1. The largest absolute Gasteiger partial charge is 0.447 e. The number of benzene rings is 2. The van der Waals surface area contributed by atoms with E-state index in [0.717, 1.165) is 11.5 Å². The zero-order chi connectivity index (χ0) is 18.6. The highest BCUT2D eigenvalue weighted by molar-refractivity contribution is 8.00. The van der Waals surface area contributed by atoms with Crippen LogP contribution in [-0.2, 0) is 10.9 Å². The third-order valence-electron chi connectivity index (χ3n) is 4.12. The SMILES string of the molecule is C1=C([S+]2c3ccccc3Oc3ccccc32)CCCCC1.[O-][Cl+3]([O-])([O-])[O-]. The van der Waals surface area contributed by atoms with Gasteiger partial charge in [0, 0.05) is 6.42 Å². The monoisotopic (exact) mass is 394 g/mol. The number of ether oxygens (including phenoxy) is 1. The molecule has 0 bridgehead atoms. The molecule has 0 saturated heterocycles. The van der Waals surface area contributed by atoms with Crippen LogP contribution in [-0.4, -0.2) is 0 Å². The predicted molar refractivity (Wildman–Crippen MR) is 88.0 cm³/mol. The minimum Gasteiger partial charge on any atom is -0.447 e. The topological polar surface area (TPSA) is 101 Å². The van der Waals surface area contributed by atoms with Gasteiger partial charge in [-0.25, -0.2) is 18.6 Å². The zero-order valence-corrected chi connectivity index (χ0v) is 15.6. The van der Waals surface area contributed by atoms with E-state index in [0.29, 0.717) is 0 Å². The molecule has 0 N–H and O–H groups in total. The molecule has 0 amide bonds. The first kappa shape index (κ1) is 19.2. The van der Waals surface area contributed by atoms with E-state index in [1.165, 1.54) is 41.9 Å². The second-order valence-corrected chi connectivity index (χ2v) is 8.72. The number of fused-ring (bicyclic) bond motifs is 2. The molecule has 2 aromatic rings. The molecule has 1 heterocycles. The van der Waals surface area contributed by atoms with Crippen LogP contribution in [0.3, 0.4) is 0 Å². The number of hydrogen-bond acceptors (Lipinski definition) is 5. The summed E-state index contributed by atoms with van der Waals surface area (Å²) in [4.78, 5) is 4.31. The summed E-state index contributed by atoms with van der Waals surface area (Å²) in [6.07, 6.45) is 8.96. The van der Waals surface area contributed by atoms with Crippen LogP contribution in [0.2, 0.25) is 0 Å². The van der Waals surface area contributed by atoms with Crippen LogP contribution in [0.4, 0.5) is 0 Å². The molecule has 1 aliphatic heterocycles. The van der Waals surface area contributed by atoms with E-state index in [9.17, 15) is 0 Å². The Balaban J connectivity index is 0.000000349. The molecule has 7 heteroatoms. The maximum Gasteiger partial charge on any atom is 0.208 e. The fourth-order valence-corrected chi connectivity index (χ4v) is 5.58. The maximum atomic E-state index is 8.49. The van der Waals surface area contributed by atoms with Crippen molar-refractivity contribution in [3.05, 3.63) is 59.5 Å². The average Bonchev–Trinajstić information content (AvgIpc) is 2.87. The van der Waals surface area contributed by atoms with Crippen molar-refractivity contribution in [1.29, 1.82) is 0 Å². The normalized spacial score (nSPS) is 16.8. The molecule has 0 radical (unpaired) electrons. The third kappa shape index (κ3) is 5.01. The molecule has 1 aliphatic carbocycles. The lowest BCUT2D eigenvalue weighted by atomic mass is 10.2. The van der Waals surface area contributed by atoms with Gasteiger partial charge in [-0.15, -0.1) is 10.2 Å². The Morgan fingerprint density at radius 3 is 1.88 bits per heavy atom. The van der Waals surface area contributed by atoms with Crippen LogP contribution in [0.1, 0.15) is 32.1 Å². The first-order chi connectivity index (χ1) is 12.4. The smallest absolute Gasteiger partial charge is 0.208 e. The van der Waals surface area contributed by atoms with Crippen LogP contribution in [0.15, 0.2) is 69.3 Å². The molecule has 0 fully saturated rings. The summed E-state index contributed by atoms with van der Waals surface area (Å²) in [5, 5.41) is 0. The van der Waals surface area contributed by atoms with Crippen LogP contribution in [0, 0.1) is 10.2 Å². The van der Waals surface area contributed by atoms with E-state index < -0.39 is 10.2 Å². The Morgan fingerprint density at radius 2 is 1.31 bits per heavy atom. The van der Waals surface area contributed by atoms with E-state index in [4.69, 9.17) is 23.4 Å². The molecule has 2 aliphatic rings. The molecular weight excluding hydrogens is 376 g/mol. The fraction of sp³-hybridized carbons (Fsp3) is 0.263. The molecule has 0 aromatic heterocycles. The van der Waals surface area contributed by atoms with E-state index in [1.54, 1.807) is 4.91 Å². The predicted octanol–water partition coefficient (Wildman–Crippen LogP) is 0.921. The molecular formula is C19H19ClO5S. The van der Waals surface area contributed by atoms with Gasteiger partial charge < -0.3 is 4.74 Å². The average molecular weight is 395 g/mol. The van der Waals surface area contributed by atoms with Gasteiger partial charge >= 0.3 is 0 Å². The molecule has 0 atom stereocenters. The fourth-order valence-electron chi connectivity index (χ4n) is 3.10. The number of hydrogen-bond donors (Lipinski definition) is 0. The molecule has 0 saturated carbocycles. The summed E-state index contributed by atoms with van der Waals surface area (Å²) in [5.41, 5.74) is 0. The Bertz CT molecular complexity index is 736. The van der Waals surface area contributed by atoms with Gasteiger partial charge in [0.05, 0.1) is 0 Å². The van der Waals surface area contributed by atoms with Gasteiger partial charge in [-0.2, -0.15) is 0 Å². The molecule has 5 nitrogen and oxygen atoms in total. The van der Waals surface area contributed by atoms with Gasteiger partial charge in [0.25, 0.3) is 0 Å². The molecule has 4 rings (SSSR count). The van der Waals surface area contributed by atoms with Gasteiger partial charge in [-0.1, -0.05) is 30.7 Å². The first-order valence-corrected chi connectivity index (χ1v) is 10.8. The van der Waals surface area contributed by atoms with Crippen molar-refractivity contribution in [2.75, 3.05) is 0 Å². The number of para-hydroxylation sites is 2. The number of allylic oxidation sites excluding steroid dienone is 2. The molecule has 2 aromatic carbocycles. The lowest BCUT2D eigenvalue weighted by molar-refractivity contribution is -2.00. The van der Waals surface area contributed by atoms with E-state index in [1.807, 2.05) is 0 Å². The molecule has 138 valence electrons. The quantitative estimate of drug-likeness (QED) is 0.669. The Hall–Kier alpha value is -1.54. The van der Waals surface area contributed by atoms with Crippen molar-refractivity contribution in [3.8, 4) is 11.5 Å². The van der Waals surface area contributed by atoms with Crippen LogP contribution in [0.5, 0.6) is 11.5 Å².